The molecular weight excluding hydrogens is 442 g/mol. The second-order valence-electron chi connectivity index (χ2n) is 9.98. The average Bonchev–Trinajstić information content (AvgIpc) is 3.47. The molecule has 3 saturated heterocycles. The van der Waals surface area contributed by atoms with E-state index in [1.807, 2.05) is 30.3 Å². The van der Waals surface area contributed by atoms with Crippen LogP contribution in [-0.4, -0.2) is 55.7 Å². The number of benzene rings is 2. The van der Waals surface area contributed by atoms with Crippen LogP contribution in [0.25, 0.3) is 0 Å². The van der Waals surface area contributed by atoms with E-state index < -0.39 is 5.54 Å². The van der Waals surface area contributed by atoms with Gasteiger partial charge in [-0.15, -0.1) is 0 Å². The minimum Gasteiger partial charge on any atom is -0.497 e. The zero-order valence-electron chi connectivity index (χ0n) is 20.3. The van der Waals surface area contributed by atoms with Crippen LogP contribution in [0.15, 0.2) is 54.6 Å². The number of methoxy groups -OCH3 is 1. The van der Waals surface area contributed by atoms with Gasteiger partial charge >= 0.3 is 6.03 Å². The van der Waals surface area contributed by atoms with Crippen molar-refractivity contribution in [3.63, 3.8) is 0 Å². The smallest absolute Gasteiger partial charge is 0.322 e. The Morgan fingerprint density at radius 1 is 1.03 bits per heavy atom. The summed E-state index contributed by atoms with van der Waals surface area (Å²) in [4.78, 5) is 27.7. The van der Waals surface area contributed by atoms with Crippen molar-refractivity contribution in [3.05, 3.63) is 65.7 Å². The third-order valence-corrected chi connectivity index (χ3v) is 7.97. The number of hydrogen-bond acceptors (Lipinski definition) is 6. The summed E-state index contributed by atoms with van der Waals surface area (Å²) in [5.41, 5.74) is 8.38. The number of piperidine rings is 1. The fraction of sp³-hybridized carbons (Fsp3) is 0.481. The molecule has 8 nitrogen and oxygen atoms in total. The highest BCUT2D eigenvalue weighted by Crippen LogP contribution is 2.36. The Hall–Kier alpha value is -2.94. The summed E-state index contributed by atoms with van der Waals surface area (Å²) >= 11 is 0. The number of urea groups is 1. The van der Waals surface area contributed by atoms with Crippen LogP contribution in [0.1, 0.15) is 36.4 Å². The molecule has 3 aliphatic rings. The first-order chi connectivity index (χ1) is 17.1. The summed E-state index contributed by atoms with van der Waals surface area (Å²) in [5.74, 6) is 1.27. The van der Waals surface area contributed by atoms with Crippen LogP contribution in [0, 0.1) is 11.8 Å². The number of hydrogen-bond donors (Lipinski definition) is 4. The van der Waals surface area contributed by atoms with Crippen LogP contribution in [0.3, 0.4) is 0 Å². The highest BCUT2D eigenvalue weighted by Gasteiger charge is 2.51. The molecule has 0 saturated carbocycles. The van der Waals surface area contributed by atoms with Gasteiger partial charge in [0.05, 0.1) is 13.2 Å². The van der Waals surface area contributed by atoms with Gasteiger partial charge in [0.1, 0.15) is 11.3 Å². The Balaban J connectivity index is 1.21. The SMILES string of the molecule is COc1ccc(C2NNCC2CN2CCC(C3(CCc4ccccc4)NC(=O)NC3=O)CC2)cc1. The molecule has 3 heterocycles. The predicted octanol–water partition coefficient (Wildman–Crippen LogP) is 2.38. The van der Waals surface area contributed by atoms with Gasteiger partial charge in [0, 0.05) is 19.0 Å². The quantitative estimate of drug-likeness (QED) is 0.436. The molecule has 3 fully saturated rings. The maximum absolute atomic E-state index is 13.0. The second kappa shape index (κ2) is 10.4. The van der Waals surface area contributed by atoms with Crippen LogP contribution in [-0.2, 0) is 11.2 Å². The van der Waals surface area contributed by atoms with Crippen molar-refractivity contribution in [2.45, 2.75) is 37.3 Å². The van der Waals surface area contributed by atoms with Gasteiger partial charge in [0.25, 0.3) is 5.91 Å². The van der Waals surface area contributed by atoms with E-state index in [2.05, 4.69) is 50.7 Å². The highest BCUT2D eigenvalue weighted by molar-refractivity contribution is 6.07. The molecule has 35 heavy (non-hydrogen) atoms. The first-order valence-corrected chi connectivity index (χ1v) is 12.6. The Labute approximate surface area is 206 Å². The van der Waals surface area contributed by atoms with E-state index in [1.165, 1.54) is 11.1 Å². The molecule has 3 amide bonds. The van der Waals surface area contributed by atoms with Crippen molar-refractivity contribution < 1.29 is 14.3 Å². The van der Waals surface area contributed by atoms with E-state index in [4.69, 9.17) is 4.74 Å². The first-order valence-electron chi connectivity index (χ1n) is 12.6. The minimum atomic E-state index is -0.818. The molecule has 2 aromatic rings. The lowest BCUT2D eigenvalue weighted by molar-refractivity contribution is -0.127. The molecular formula is C27H35N5O3. The maximum Gasteiger partial charge on any atom is 0.322 e. The molecule has 0 aromatic heterocycles. The number of hydrazine groups is 1. The number of nitrogens with one attached hydrogen (secondary N) is 4. The Bertz CT molecular complexity index is 1020. The molecule has 186 valence electrons. The van der Waals surface area contributed by atoms with Gasteiger partial charge in [-0.25, -0.2) is 10.2 Å². The van der Waals surface area contributed by atoms with Crippen molar-refractivity contribution in [1.82, 2.24) is 26.4 Å². The molecule has 3 atom stereocenters. The predicted molar refractivity (Wildman–Crippen MR) is 134 cm³/mol. The summed E-state index contributed by atoms with van der Waals surface area (Å²) in [6.07, 6.45) is 3.17. The van der Waals surface area contributed by atoms with E-state index >= 15 is 0 Å². The van der Waals surface area contributed by atoms with Crippen LogP contribution in [0.4, 0.5) is 4.79 Å². The lowest BCUT2D eigenvalue weighted by atomic mass is 9.74. The monoisotopic (exact) mass is 477 g/mol. The number of likely N-dealkylation sites (tertiary alicyclic amines) is 1. The first kappa shape index (κ1) is 23.8. The molecule has 4 N–H and O–H groups in total. The fourth-order valence-corrected chi connectivity index (χ4v) is 5.97. The Morgan fingerprint density at radius 2 is 1.77 bits per heavy atom. The van der Waals surface area contributed by atoms with Gasteiger partial charge in [0.15, 0.2) is 0 Å². The molecule has 5 rings (SSSR count). The number of imide groups is 1. The molecule has 2 aromatic carbocycles. The van der Waals surface area contributed by atoms with Gasteiger partial charge in [-0.2, -0.15) is 0 Å². The van der Waals surface area contributed by atoms with Crippen LogP contribution in [0.2, 0.25) is 0 Å². The summed E-state index contributed by atoms with van der Waals surface area (Å²) in [6.45, 7) is 3.74. The van der Waals surface area contributed by atoms with Crippen molar-refractivity contribution in [2.75, 3.05) is 33.3 Å². The lowest BCUT2D eigenvalue weighted by Gasteiger charge is -2.41. The Kier molecular flexibility index (Phi) is 7.04. The van der Waals surface area contributed by atoms with E-state index in [-0.39, 0.29) is 23.9 Å². The van der Waals surface area contributed by atoms with Gasteiger partial charge in [-0.3, -0.25) is 15.5 Å². The summed E-state index contributed by atoms with van der Waals surface area (Å²) in [7, 11) is 1.68. The number of amides is 3. The summed E-state index contributed by atoms with van der Waals surface area (Å²) in [6, 6.07) is 18.3. The van der Waals surface area contributed by atoms with Crippen molar-refractivity contribution >= 4 is 11.9 Å². The standard InChI is InChI=1S/C27H35N5O3/c1-35-23-9-7-20(8-10-23)24-21(17-28-31-24)18-32-15-12-22(13-16-32)27(25(33)29-26(34)30-27)14-11-19-5-3-2-4-6-19/h2-10,21-22,24,28,31H,11-18H2,1H3,(H2,29,30,33,34). The van der Waals surface area contributed by atoms with Crippen molar-refractivity contribution in [1.29, 1.82) is 0 Å². The van der Waals surface area contributed by atoms with Crippen molar-refractivity contribution in [2.24, 2.45) is 11.8 Å². The van der Waals surface area contributed by atoms with Crippen molar-refractivity contribution in [3.8, 4) is 5.75 Å². The number of ether oxygens (including phenoxy) is 1. The largest absolute Gasteiger partial charge is 0.497 e. The third kappa shape index (κ3) is 5.05. The number of aryl methyl sites for hydroxylation is 1. The van der Waals surface area contributed by atoms with E-state index in [0.29, 0.717) is 12.3 Å². The van der Waals surface area contributed by atoms with E-state index in [1.54, 1.807) is 7.11 Å². The van der Waals surface area contributed by atoms with Crippen LogP contribution >= 0.6 is 0 Å². The number of nitrogens with zero attached hydrogens (tertiary/aromatic N) is 1. The molecule has 0 aliphatic carbocycles. The average molecular weight is 478 g/mol. The van der Waals surface area contributed by atoms with Gasteiger partial charge in [-0.1, -0.05) is 42.5 Å². The third-order valence-electron chi connectivity index (χ3n) is 7.97. The topological polar surface area (TPSA) is 94.7 Å². The van der Waals surface area contributed by atoms with Gasteiger partial charge in [0.2, 0.25) is 0 Å². The number of carbonyl (C=O) groups is 2. The molecule has 0 spiro atoms. The number of rotatable bonds is 8. The molecule has 0 bridgehead atoms. The van der Waals surface area contributed by atoms with E-state index in [0.717, 1.165) is 51.2 Å². The maximum atomic E-state index is 13.0. The Morgan fingerprint density at radius 3 is 2.43 bits per heavy atom. The fourth-order valence-electron chi connectivity index (χ4n) is 5.97. The number of carbonyl (C=O) groups excluding carboxylic acids is 2. The zero-order chi connectivity index (χ0) is 24.3. The summed E-state index contributed by atoms with van der Waals surface area (Å²) < 4.78 is 5.30. The van der Waals surface area contributed by atoms with Crippen LogP contribution in [0.5, 0.6) is 5.75 Å². The van der Waals surface area contributed by atoms with Crippen LogP contribution < -0.4 is 26.2 Å². The zero-order valence-corrected chi connectivity index (χ0v) is 20.3. The lowest BCUT2D eigenvalue weighted by Crippen LogP contribution is -2.56. The molecule has 3 aliphatic heterocycles. The molecule has 0 radical (unpaired) electrons. The molecule has 8 heteroatoms. The van der Waals surface area contributed by atoms with E-state index in [9.17, 15) is 9.59 Å². The minimum absolute atomic E-state index is 0.131. The normalized spacial score (nSPS) is 27.6. The summed E-state index contributed by atoms with van der Waals surface area (Å²) in [5, 5.41) is 5.55. The highest BCUT2D eigenvalue weighted by atomic mass is 16.5. The van der Waals surface area contributed by atoms with Gasteiger partial charge < -0.3 is 15.0 Å². The van der Waals surface area contributed by atoms with Gasteiger partial charge in [-0.05, 0) is 68.0 Å². The molecule has 3 unspecified atom stereocenters. The second-order valence-corrected chi connectivity index (χ2v) is 9.98.